The lowest BCUT2D eigenvalue weighted by molar-refractivity contribution is -0.384. The van der Waals surface area contributed by atoms with Crippen LogP contribution in [-0.4, -0.2) is 30.0 Å². The number of carbonyl (C=O) groups is 2. The highest BCUT2D eigenvalue weighted by Crippen LogP contribution is 2.21. The molecule has 0 spiro atoms. The maximum absolute atomic E-state index is 12.1. The van der Waals surface area contributed by atoms with Gasteiger partial charge >= 0.3 is 6.03 Å². The lowest BCUT2D eigenvalue weighted by Gasteiger charge is -2.16. The Labute approximate surface area is 153 Å². The summed E-state index contributed by atoms with van der Waals surface area (Å²) in [6.45, 7) is 0.819. The highest BCUT2D eigenvalue weighted by molar-refractivity contribution is 7.10. The smallest absolute Gasteiger partial charge is 0.312 e. The second-order valence-electron chi connectivity index (χ2n) is 5.36. The van der Waals surface area contributed by atoms with Gasteiger partial charge < -0.3 is 21.7 Å². The number of rotatable bonds is 9. The van der Waals surface area contributed by atoms with E-state index in [1.54, 1.807) is 12.1 Å². The largest absolute Gasteiger partial charge is 0.383 e. The quantitative estimate of drug-likeness (QED) is 0.301. The molecule has 0 saturated heterocycles. The van der Waals surface area contributed by atoms with Crippen molar-refractivity contribution in [1.82, 2.24) is 10.6 Å². The van der Waals surface area contributed by atoms with E-state index in [0.717, 1.165) is 10.6 Å². The lowest BCUT2D eigenvalue weighted by Crippen LogP contribution is -2.37. The first-order chi connectivity index (χ1) is 12.5. The summed E-state index contributed by atoms with van der Waals surface area (Å²) in [4.78, 5) is 34.1. The van der Waals surface area contributed by atoms with Gasteiger partial charge in [0.1, 0.15) is 0 Å². The van der Waals surface area contributed by atoms with Gasteiger partial charge in [-0.25, -0.2) is 4.79 Å². The topological polar surface area (TPSA) is 139 Å². The number of non-ortho nitro benzene ring substituents is 1. The molecule has 9 nitrogen and oxygen atoms in total. The molecular weight excluding hydrogens is 358 g/mol. The number of anilines is 1. The van der Waals surface area contributed by atoms with Crippen LogP contribution in [0.2, 0.25) is 0 Å². The van der Waals surface area contributed by atoms with Crippen LogP contribution in [0.4, 0.5) is 16.2 Å². The third-order valence-corrected chi connectivity index (χ3v) is 4.43. The maximum atomic E-state index is 12.1. The monoisotopic (exact) mass is 377 g/mol. The van der Waals surface area contributed by atoms with E-state index < -0.39 is 17.0 Å². The van der Waals surface area contributed by atoms with Crippen LogP contribution in [0.15, 0.2) is 41.8 Å². The number of nitrogens with two attached hydrogens (primary N) is 1. The maximum Gasteiger partial charge on any atom is 0.312 e. The number of hydrogen-bond donors (Lipinski definition) is 4. The number of urea groups is 1. The molecule has 2 aromatic rings. The van der Waals surface area contributed by atoms with Gasteiger partial charge in [-0.15, -0.1) is 11.3 Å². The molecule has 0 aliphatic heterocycles. The Morgan fingerprint density at radius 3 is 2.50 bits per heavy atom. The minimum atomic E-state index is -0.684. The van der Waals surface area contributed by atoms with Crippen molar-refractivity contribution >= 4 is 34.6 Å². The number of nitro benzene ring substituents is 1. The summed E-state index contributed by atoms with van der Waals surface area (Å²) < 4.78 is 0. The zero-order valence-corrected chi connectivity index (χ0v) is 14.6. The van der Waals surface area contributed by atoms with Gasteiger partial charge in [0.05, 0.1) is 17.4 Å². The molecule has 10 heteroatoms. The zero-order chi connectivity index (χ0) is 18.9. The van der Waals surface area contributed by atoms with E-state index in [0.29, 0.717) is 13.1 Å². The third-order valence-electron chi connectivity index (χ3n) is 3.45. The van der Waals surface area contributed by atoms with Crippen LogP contribution in [0, 0.1) is 10.1 Å². The van der Waals surface area contributed by atoms with Gasteiger partial charge in [-0.2, -0.15) is 0 Å². The molecule has 0 saturated carbocycles. The first-order valence-corrected chi connectivity index (χ1v) is 8.68. The lowest BCUT2D eigenvalue weighted by atomic mass is 10.1. The van der Waals surface area contributed by atoms with Crippen molar-refractivity contribution in [3.63, 3.8) is 0 Å². The second-order valence-corrected chi connectivity index (χ2v) is 6.34. The number of nitrogens with zero attached hydrogens (tertiary/aromatic N) is 1. The van der Waals surface area contributed by atoms with Crippen LogP contribution in [-0.2, 0) is 4.79 Å². The highest BCUT2D eigenvalue weighted by atomic mass is 32.1. The Kier molecular flexibility index (Phi) is 6.92. The van der Waals surface area contributed by atoms with E-state index in [2.05, 4.69) is 16.0 Å². The van der Waals surface area contributed by atoms with Crippen molar-refractivity contribution < 1.29 is 14.5 Å². The molecule has 0 radical (unpaired) electrons. The van der Waals surface area contributed by atoms with E-state index in [9.17, 15) is 19.7 Å². The van der Waals surface area contributed by atoms with Crippen LogP contribution >= 0.6 is 11.3 Å². The third kappa shape index (κ3) is 6.06. The molecule has 0 fully saturated rings. The number of nitrogens with one attached hydrogen (secondary N) is 3. The van der Waals surface area contributed by atoms with Crippen molar-refractivity contribution in [2.75, 3.05) is 18.4 Å². The number of carbonyl (C=O) groups excluding carboxylic acids is 2. The van der Waals surface area contributed by atoms with Crippen molar-refractivity contribution in [2.45, 2.75) is 12.5 Å². The summed E-state index contributed by atoms with van der Waals surface area (Å²) in [7, 11) is 0. The fourth-order valence-corrected chi connectivity index (χ4v) is 3.03. The number of thiophene rings is 1. The average Bonchev–Trinajstić information content (AvgIpc) is 3.13. The molecular formula is C16H19N5O4S. The molecule has 1 heterocycles. The molecule has 3 amide bonds. The van der Waals surface area contributed by atoms with E-state index in [1.807, 2.05) is 17.5 Å². The normalized spacial score (nSPS) is 11.4. The number of nitro groups is 1. The summed E-state index contributed by atoms with van der Waals surface area (Å²) >= 11 is 1.43. The standard InChI is InChI=1S/C16H19N5O4S/c17-16(23)20-13(14-2-1-9-26-14)10-15(22)19-8-7-18-11-3-5-12(6-4-11)21(24)25/h1-6,9,13,18H,7-8,10H2,(H,19,22)(H3,17,20,23). The van der Waals surface area contributed by atoms with E-state index in [-0.39, 0.29) is 18.0 Å². The van der Waals surface area contributed by atoms with Crippen LogP contribution in [0.25, 0.3) is 0 Å². The van der Waals surface area contributed by atoms with Gasteiger partial charge in [-0.05, 0) is 23.6 Å². The van der Waals surface area contributed by atoms with Crippen LogP contribution in [0.5, 0.6) is 0 Å². The van der Waals surface area contributed by atoms with E-state index in [4.69, 9.17) is 5.73 Å². The molecule has 0 aliphatic carbocycles. The summed E-state index contributed by atoms with van der Waals surface area (Å²) in [5.74, 6) is -0.220. The molecule has 138 valence electrons. The van der Waals surface area contributed by atoms with Crippen LogP contribution < -0.4 is 21.7 Å². The highest BCUT2D eigenvalue weighted by Gasteiger charge is 2.18. The molecule has 1 atom stereocenters. The zero-order valence-electron chi connectivity index (χ0n) is 13.8. The first-order valence-electron chi connectivity index (χ1n) is 7.80. The molecule has 0 aliphatic rings. The minimum Gasteiger partial charge on any atom is -0.383 e. The Morgan fingerprint density at radius 1 is 1.19 bits per heavy atom. The van der Waals surface area contributed by atoms with Crippen LogP contribution in [0.1, 0.15) is 17.3 Å². The predicted octanol–water partition coefficient (Wildman–Crippen LogP) is 1.98. The van der Waals surface area contributed by atoms with Crippen molar-refractivity contribution in [1.29, 1.82) is 0 Å². The predicted molar refractivity (Wildman–Crippen MR) is 99.0 cm³/mol. The Balaban J connectivity index is 1.75. The molecule has 2 rings (SSSR count). The average molecular weight is 377 g/mol. The Morgan fingerprint density at radius 2 is 1.92 bits per heavy atom. The summed E-state index contributed by atoms with van der Waals surface area (Å²) in [5.41, 5.74) is 5.90. The minimum absolute atomic E-state index is 0.0189. The first kappa shape index (κ1) is 19.2. The fourth-order valence-electron chi connectivity index (χ4n) is 2.25. The van der Waals surface area contributed by atoms with Gasteiger partial charge in [-0.3, -0.25) is 14.9 Å². The summed E-state index contributed by atoms with van der Waals surface area (Å²) in [6.07, 6.45) is 0.0843. The number of amides is 3. The second kappa shape index (κ2) is 9.37. The van der Waals surface area contributed by atoms with Crippen molar-refractivity contribution in [3.8, 4) is 0 Å². The Hall–Kier alpha value is -3.14. The van der Waals surface area contributed by atoms with E-state index >= 15 is 0 Å². The number of primary amides is 1. The van der Waals surface area contributed by atoms with Gasteiger partial charge in [0.25, 0.3) is 5.69 Å². The Bertz CT molecular complexity index is 749. The molecule has 1 aromatic heterocycles. The van der Waals surface area contributed by atoms with Gasteiger partial charge in [-0.1, -0.05) is 6.07 Å². The van der Waals surface area contributed by atoms with Gasteiger partial charge in [0.2, 0.25) is 5.91 Å². The SMILES string of the molecule is NC(=O)NC(CC(=O)NCCNc1ccc([N+](=O)[O-])cc1)c1cccs1. The van der Waals surface area contributed by atoms with E-state index in [1.165, 1.54) is 23.5 Å². The molecule has 1 unspecified atom stereocenters. The van der Waals surface area contributed by atoms with Crippen molar-refractivity contribution in [3.05, 3.63) is 56.8 Å². The van der Waals surface area contributed by atoms with Crippen LogP contribution in [0.3, 0.4) is 0 Å². The number of benzene rings is 1. The number of hydrogen-bond acceptors (Lipinski definition) is 6. The molecule has 0 bridgehead atoms. The van der Waals surface area contributed by atoms with Gasteiger partial charge in [0.15, 0.2) is 0 Å². The molecule has 5 N–H and O–H groups in total. The molecule has 26 heavy (non-hydrogen) atoms. The fraction of sp³-hybridized carbons (Fsp3) is 0.250. The van der Waals surface area contributed by atoms with Gasteiger partial charge in [0, 0.05) is 35.8 Å². The van der Waals surface area contributed by atoms with Crippen molar-refractivity contribution in [2.24, 2.45) is 5.73 Å². The summed E-state index contributed by atoms with van der Waals surface area (Å²) in [6, 6.07) is 8.53. The molecule has 1 aromatic carbocycles. The summed E-state index contributed by atoms with van der Waals surface area (Å²) in [5, 5.41) is 20.8.